The fourth-order valence-corrected chi connectivity index (χ4v) is 3.89. The fourth-order valence-electron chi connectivity index (χ4n) is 3.33. The standard InChI is InChI=1S/C22H18N2O6S/c23-31(27,28)15-7-5-6-14(12-15)24-20(25)13-29-22(26)21-16-8-1-3-10-18(16)30-19-11-4-2-9-17(19)21/h1-12,21H,13H2,(H,24,25)(H2,23,27,28). The first kappa shape index (κ1) is 20.6. The first-order chi connectivity index (χ1) is 14.8. The van der Waals surface area contributed by atoms with Crippen molar-refractivity contribution in [1.82, 2.24) is 0 Å². The molecule has 0 aliphatic carbocycles. The van der Waals surface area contributed by atoms with Gasteiger partial charge < -0.3 is 14.8 Å². The van der Waals surface area contributed by atoms with Crippen molar-refractivity contribution in [3.63, 3.8) is 0 Å². The lowest BCUT2D eigenvalue weighted by molar-refractivity contribution is -0.148. The zero-order valence-corrected chi connectivity index (χ0v) is 17.0. The molecule has 31 heavy (non-hydrogen) atoms. The number of hydrogen-bond donors (Lipinski definition) is 2. The summed E-state index contributed by atoms with van der Waals surface area (Å²) in [6.07, 6.45) is 0. The molecular weight excluding hydrogens is 420 g/mol. The third-order valence-corrected chi connectivity index (χ3v) is 5.62. The second-order valence-corrected chi connectivity index (χ2v) is 8.40. The minimum atomic E-state index is -3.91. The molecule has 0 fully saturated rings. The maximum atomic E-state index is 12.9. The summed E-state index contributed by atoms with van der Waals surface area (Å²) in [4.78, 5) is 25.0. The van der Waals surface area contributed by atoms with E-state index in [9.17, 15) is 18.0 Å². The molecule has 0 radical (unpaired) electrons. The molecule has 0 saturated carbocycles. The highest BCUT2D eigenvalue weighted by molar-refractivity contribution is 7.89. The lowest BCUT2D eigenvalue weighted by Gasteiger charge is -2.26. The Labute approximate surface area is 178 Å². The summed E-state index contributed by atoms with van der Waals surface area (Å²) < 4.78 is 34.0. The van der Waals surface area contributed by atoms with Crippen LogP contribution in [-0.2, 0) is 24.3 Å². The Hall–Kier alpha value is -3.69. The Morgan fingerprint density at radius 2 is 1.55 bits per heavy atom. The fraction of sp³-hybridized carbons (Fsp3) is 0.0909. The lowest BCUT2D eigenvalue weighted by atomic mass is 9.88. The van der Waals surface area contributed by atoms with E-state index in [0.29, 0.717) is 22.6 Å². The topological polar surface area (TPSA) is 125 Å². The maximum absolute atomic E-state index is 12.9. The number of rotatable bonds is 5. The molecule has 0 unspecified atom stereocenters. The molecule has 3 aromatic carbocycles. The van der Waals surface area contributed by atoms with Crippen LogP contribution in [0.3, 0.4) is 0 Å². The van der Waals surface area contributed by atoms with Crippen molar-refractivity contribution in [1.29, 1.82) is 0 Å². The third kappa shape index (κ3) is 4.42. The van der Waals surface area contributed by atoms with Gasteiger partial charge in [-0.15, -0.1) is 0 Å². The van der Waals surface area contributed by atoms with Gasteiger partial charge in [-0.3, -0.25) is 9.59 Å². The van der Waals surface area contributed by atoms with Gasteiger partial charge in [0.05, 0.1) is 4.90 Å². The number of esters is 1. The number of nitrogens with two attached hydrogens (primary N) is 1. The number of anilines is 1. The largest absolute Gasteiger partial charge is 0.457 e. The molecule has 3 N–H and O–H groups in total. The van der Waals surface area contributed by atoms with Crippen molar-refractivity contribution in [3.05, 3.63) is 83.9 Å². The number of fused-ring (bicyclic) bond motifs is 2. The number of para-hydroxylation sites is 2. The molecule has 0 bridgehead atoms. The SMILES string of the molecule is NS(=O)(=O)c1cccc(NC(=O)COC(=O)C2c3ccccc3Oc3ccccc32)c1. The number of nitrogens with one attached hydrogen (secondary N) is 1. The van der Waals surface area contributed by atoms with E-state index in [-0.39, 0.29) is 10.6 Å². The van der Waals surface area contributed by atoms with Gasteiger partial charge in [-0.2, -0.15) is 0 Å². The number of carbonyl (C=O) groups is 2. The van der Waals surface area contributed by atoms with Crippen LogP contribution in [0.4, 0.5) is 5.69 Å². The van der Waals surface area contributed by atoms with Crippen molar-refractivity contribution in [3.8, 4) is 11.5 Å². The molecule has 0 saturated heterocycles. The van der Waals surface area contributed by atoms with Crippen molar-refractivity contribution in [2.45, 2.75) is 10.8 Å². The van der Waals surface area contributed by atoms with Crippen LogP contribution in [0.25, 0.3) is 0 Å². The van der Waals surface area contributed by atoms with E-state index in [0.717, 1.165) is 0 Å². The number of benzene rings is 3. The van der Waals surface area contributed by atoms with Crippen LogP contribution < -0.4 is 15.2 Å². The van der Waals surface area contributed by atoms with E-state index in [2.05, 4.69) is 5.32 Å². The van der Waals surface area contributed by atoms with Gasteiger partial charge in [0.2, 0.25) is 10.0 Å². The van der Waals surface area contributed by atoms with Gasteiger partial charge in [-0.25, -0.2) is 13.6 Å². The Morgan fingerprint density at radius 1 is 0.935 bits per heavy atom. The Morgan fingerprint density at radius 3 is 2.16 bits per heavy atom. The van der Waals surface area contributed by atoms with Gasteiger partial charge in [-0.1, -0.05) is 42.5 Å². The average Bonchev–Trinajstić information content (AvgIpc) is 2.75. The molecule has 9 heteroatoms. The van der Waals surface area contributed by atoms with Crippen LogP contribution in [0.5, 0.6) is 11.5 Å². The highest BCUT2D eigenvalue weighted by Crippen LogP contribution is 2.44. The molecule has 0 atom stereocenters. The predicted molar refractivity (Wildman–Crippen MR) is 112 cm³/mol. The molecule has 1 amide bonds. The number of sulfonamides is 1. The van der Waals surface area contributed by atoms with Crippen molar-refractivity contribution >= 4 is 27.6 Å². The summed E-state index contributed by atoms with van der Waals surface area (Å²) >= 11 is 0. The van der Waals surface area contributed by atoms with Crippen LogP contribution in [0.2, 0.25) is 0 Å². The molecule has 8 nitrogen and oxygen atoms in total. The second-order valence-electron chi connectivity index (χ2n) is 6.84. The van der Waals surface area contributed by atoms with Crippen molar-refractivity contribution in [2.75, 3.05) is 11.9 Å². The smallest absolute Gasteiger partial charge is 0.318 e. The second kappa shape index (κ2) is 8.21. The van der Waals surface area contributed by atoms with E-state index in [1.54, 1.807) is 48.5 Å². The zero-order valence-electron chi connectivity index (χ0n) is 16.1. The minimum absolute atomic E-state index is 0.141. The molecule has 1 heterocycles. The Kier molecular flexibility index (Phi) is 5.45. The van der Waals surface area contributed by atoms with E-state index in [1.165, 1.54) is 24.3 Å². The normalized spacial score (nSPS) is 12.8. The summed E-state index contributed by atoms with van der Waals surface area (Å²) in [5.74, 6) is -0.857. The van der Waals surface area contributed by atoms with Crippen LogP contribution in [0.15, 0.2) is 77.7 Å². The van der Waals surface area contributed by atoms with Gasteiger partial charge >= 0.3 is 5.97 Å². The van der Waals surface area contributed by atoms with E-state index < -0.39 is 34.4 Å². The molecule has 3 aromatic rings. The van der Waals surface area contributed by atoms with Gasteiger partial charge in [0.15, 0.2) is 6.61 Å². The molecule has 0 spiro atoms. The zero-order chi connectivity index (χ0) is 22.0. The van der Waals surface area contributed by atoms with E-state index >= 15 is 0 Å². The third-order valence-electron chi connectivity index (χ3n) is 4.71. The van der Waals surface area contributed by atoms with Crippen LogP contribution >= 0.6 is 0 Å². The van der Waals surface area contributed by atoms with Gasteiger partial charge in [0.25, 0.3) is 5.91 Å². The number of amides is 1. The number of carbonyl (C=O) groups excluding carboxylic acids is 2. The minimum Gasteiger partial charge on any atom is -0.457 e. The van der Waals surface area contributed by atoms with Crippen molar-refractivity contribution in [2.24, 2.45) is 5.14 Å². The average molecular weight is 438 g/mol. The molecule has 1 aliphatic heterocycles. The Bertz CT molecular complexity index is 1230. The van der Waals surface area contributed by atoms with Gasteiger partial charge in [0.1, 0.15) is 17.4 Å². The molecule has 4 rings (SSSR count). The number of hydrogen-bond acceptors (Lipinski definition) is 6. The Balaban J connectivity index is 1.48. The number of ether oxygens (including phenoxy) is 2. The van der Waals surface area contributed by atoms with E-state index in [1.807, 2.05) is 0 Å². The summed E-state index contributed by atoms with van der Waals surface area (Å²) in [6, 6.07) is 19.7. The molecule has 1 aliphatic rings. The first-order valence-electron chi connectivity index (χ1n) is 9.28. The van der Waals surface area contributed by atoms with Gasteiger partial charge in [0, 0.05) is 16.8 Å². The number of primary sulfonamides is 1. The van der Waals surface area contributed by atoms with Crippen molar-refractivity contribution < 1.29 is 27.5 Å². The molecular formula is C22H18N2O6S. The van der Waals surface area contributed by atoms with Crippen LogP contribution in [0, 0.1) is 0 Å². The quantitative estimate of drug-likeness (QED) is 0.590. The highest BCUT2D eigenvalue weighted by Gasteiger charge is 2.33. The summed E-state index contributed by atoms with van der Waals surface area (Å²) in [6.45, 7) is -0.542. The summed E-state index contributed by atoms with van der Waals surface area (Å²) in [5, 5.41) is 7.59. The molecule has 0 aromatic heterocycles. The summed E-state index contributed by atoms with van der Waals surface area (Å²) in [7, 11) is -3.91. The first-order valence-corrected chi connectivity index (χ1v) is 10.8. The van der Waals surface area contributed by atoms with Crippen LogP contribution in [0.1, 0.15) is 17.0 Å². The highest BCUT2D eigenvalue weighted by atomic mass is 32.2. The maximum Gasteiger partial charge on any atom is 0.318 e. The predicted octanol–water partition coefficient (Wildman–Crippen LogP) is 2.75. The monoisotopic (exact) mass is 438 g/mol. The van der Waals surface area contributed by atoms with E-state index in [4.69, 9.17) is 14.6 Å². The summed E-state index contributed by atoms with van der Waals surface area (Å²) in [5.41, 5.74) is 1.51. The molecule has 158 valence electrons. The van der Waals surface area contributed by atoms with Crippen LogP contribution in [-0.4, -0.2) is 26.9 Å². The van der Waals surface area contributed by atoms with Gasteiger partial charge in [-0.05, 0) is 30.3 Å². The lowest BCUT2D eigenvalue weighted by Crippen LogP contribution is -2.26.